The Morgan fingerprint density at radius 1 is 0.973 bits per heavy atom. The topological polar surface area (TPSA) is 98.5 Å². The van der Waals surface area contributed by atoms with E-state index in [1.54, 1.807) is 33.3 Å². The lowest BCUT2D eigenvalue weighted by Crippen LogP contribution is -2.23. The van der Waals surface area contributed by atoms with E-state index in [1.165, 1.54) is 5.56 Å². The van der Waals surface area contributed by atoms with Crippen LogP contribution in [0.5, 0.6) is 11.5 Å². The average molecular weight is 501 g/mol. The summed E-state index contributed by atoms with van der Waals surface area (Å²) in [4.78, 5) is 17.4. The second-order valence-corrected chi connectivity index (χ2v) is 8.71. The number of aromatic nitrogens is 2. The summed E-state index contributed by atoms with van der Waals surface area (Å²) in [5.41, 5.74) is 5.31. The molecule has 4 aromatic rings. The standard InChI is InChI=1S/C29H32N4O4/c1-19-26(35-3)16-24(17-27(19)36-4)29(34)31-18-23-13-12-22(28-32-20(2)37-33-28)15-25(23)30-14-8-11-21-9-6-5-7-10-21/h5-7,9-10,12-13,15-17,30H,8,11,14,18H2,1-4H3,(H,31,34). The van der Waals surface area contributed by atoms with E-state index >= 15 is 0 Å². The number of carbonyl (C=O) groups is 1. The Balaban J connectivity index is 1.49. The van der Waals surface area contributed by atoms with Crippen LogP contribution in [-0.2, 0) is 13.0 Å². The molecular formula is C29H32N4O4. The molecule has 0 aliphatic carbocycles. The van der Waals surface area contributed by atoms with E-state index in [9.17, 15) is 4.79 Å². The number of ether oxygens (including phenoxy) is 2. The summed E-state index contributed by atoms with van der Waals surface area (Å²) in [6, 6.07) is 19.7. The second-order valence-electron chi connectivity index (χ2n) is 8.71. The predicted octanol–water partition coefficient (Wildman–Crippen LogP) is 5.35. The molecule has 0 atom stereocenters. The van der Waals surface area contributed by atoms with Crippen LogP contribution < -0.4 is 20.1 Å². The number of methoxy groups -OCH3 is 2. The molecule has 192 valence electrons. The first-order valence-electron chi connectivity index (χ1n) is 12.2. The fourth-order valence-corrected chi connectivity index (χ4v) is 4.11. The third kappa shape index (κ3) is 6.46. The van der Waals surface area contributed by atoms with Gasteiger partial charge in [0.25, 0.3) is 5.91 Å². The zero-order valence-electron chi connectivity index (χ0n) is 21.6. The molecule has 8 heteroatoms. The van der Waals surface area contributed by atoms with Gasteiger partial charge in [0.05, 0.1) is 14.2 Å². The fourth-order valence-electron chi connectivity index (χ4n) is 4.11. The van der Waals surface area contributed by atoms with Crippen molar-refractivity contribution in [3.8, 4) is 22.9 Å². The van der Waals surface area contributed by atoms with E-state index in [2.05, 4.69) is 45.0 Å². The van der Waals surface area contributed by atoms with Gasteiger partial charge < -0.3 is 24.6 Å². The molecule has 1 heterocycles. The minimum absolute atomic E-state index is 0.218. The fraction of sp³-hybridized carbons (Fsp3) is 0.276. The van der Waals surface area contributed by atoms with Gasteiger partial charge in [0.1, 0.15) is 11.5 Å². The van der Waals surface area contributed by atoms with Crippen LogP contribution in [-0.4, -0.2) is 36.8 Å². The SMILES string of the molecule is COc1cc(C(=O)NCc2ccc(-c3noc(C)n3)cc2NCCCc2ccccc2)cc(OC)c1C. The number of nitrogens with zero attached hydrogens (tertiary/aromatic N) is 2. The number of hydrogen-bond donors (Lipinski definition) is 2. The van der Waals surface area contributed by atoms with Gasteiger partial charge in [0.15, 0.2) is 0 Å². The molecule has 1 amide bonds. The molecule has 0 aliphatic heterocycles. The number of benzene rings is 3. The molecule has 3 aromatic carbocycles. The van der Waals surface area contributed by atoms with Gasteiger partial charge in [-0.2, -0.15) is 4.98 Å². The van der Waals surface area contributed by atoms with Crippen molar-refractivity contribution in [1.82, 2.24) is 15.5 Å². The third-order valence-corrected chi connectivity index (χ3v) is 6.15. The van der Waals surface area contributed by atoms with E-state index in [0.29, 0.717) is 35.3 Å². The van der Waals surface area contributed by atoms with Crippen molar-refractivity contribution in [1.29, 1.82) is 0 Å². The van der Waals surface area contributed by atoms with Gasteiger partial charge in [-0.3, -0.25) is 4.79 Å². The number of anilines is 1. The number of carbonyl (C=O) groups excluding carboxylic acids is 1. The van der Waals surface area contributed by atoms with Crippen molar-refractivity contribution >= 4 is 11.6 Å². The Labute approximate surface area is 217 Å². The predicted molar refractivity (Wildman–Crippen MR) is 143 cm³/mol. The van der Waals surface area contributed by atoms with Gasteiger partial charge in [-0.25, -0.2) is 0 Å². The largest absolute Gasteiger partial charge is 0.496 e. The molecule has 0 spiro atoms. The Morgan fingerprint density at radius 2 is 1.70 bits per heavy atom. The van der Waals surface area contributed by atoms with E-state index in [0.717, 1.165) is 41.8 Å². The highest BCUT2D eigenvalue weighted by Gasteiger charge is 2.15. The zero-order chi connectivity index (χ0) is 26.2. The van der Waals surface area contributed by atoms with Gasteiger partial charge in [0, 0.05) is 42.4 Å². The first-order valence-corrected chi connectivity index (χ1v) is 12.2. The maximum atomic E-state index is 13.0. The van der Waals surface area contributed by atoms with Gasteiger partial charge in [-0.05, 0) is 49.1 Å². The lowest BCUT2D eigenvalue weighted by molar-refractivity contribution is 0.0950. The summed E-state index contributed by atoms with van der Waals surface area (Å²) < 4.78 is 16.0. The first kappa shape index (κ1) is 25.8. The summed E-state index contributed by atoms with van der Waals surface area (Å²) in [6.45, 7) is 4.76. The van der Waals surface area contributed by atoms with Crippen LogP contribution in [0.4, 0.5) is 5.69 Å². The number of aryl methyl sites for hydroxylation is 2. The minimum atomic E-state index is -0.218. The van der Waals surface area contributed by atoms with E-state index in [1.807, 2.05) is 31.2 Å². The van der Waals surface area contributed by atoms with Crippen molar-refractivity contribution in [3.05, 3.63) is 88.8 Å². The van der Waals surface area contributed by atoms with E-state index < -0.39 is 0 Å². The van der Waals surface area contributed by atoms with E-state index in [4.69, 9.17) is 14.0 Å². The third-order valence-electron chi connectivity index (χ3n) is 6.15. The highest BCUT2D eigenvalue weighted by molar-refractivity contribution is 5.95. The molecule has 8 nitrogen and oxygen atoms in total. The Bertz CT molecular complexity index is 1330. The molecule has 0 aliphatic rings. The number of amides is 1. The highest BCUT2D eigenvalue weighted by atomic mass is 16.5. The van der Waals surface area contributed by atoms with Crippen molar-refractivity contribution in [2.45, 2.75) is 33.2 Å². The average Bonchev–Trinajstić information content (AvgIpc) is 3.37. The smallest absolute Gasteiger partial charge is 0.251 e. The van der Waals surface area contributed by atoms with Gasteiger partial charge in [-0.1, -0.05) is 47.6 Å². The molecule has 2 N–H and O–H groups in total. The maximum Gasteiger partial charge on any atom is 0.251 e. The Morgan fingerprint density at radius 3 is 2.35 bits per heavy atom. The van der Waals surface area contributed by atoms with Crippen LogP contribution >= 0.6 is 0 Å². The Hall–Kier alpha value is -4.33. The molecular weight excluding hydrogens is 468 g/mol. The molecule has 0 unspecified atom stereocenters. The minimum Gasteiger partial charge on any atom is -0.496 e. The molecule has 37 heavy (non-hydrogen) atoms. The van der Waals surface area contributed by atoms with E-state index in [-0.39, 0.29) is 5.91 Å². The Kier molecular flexibility index (Phi) is 8.40. The summed E-state index contributed by atoms with van der Waals surface area (Å²) in [5, 5.41) is 10.6. The monoisotopic (exact) mass is 500 g/mol. The molecule has 0 saturated heterocycles. The molecule has 0 saturated carbocycles. The molecule has 0 bridgehead atoms. The van der Waals surface area contributed by atoms with Crippen LogP contribution in [0.1, 0.15) is 39.4 Å². The number of hydrogen-bond acceptors (Lipinski definition) is 7. The van der Waals surface area contributed by atoms with Crippen LogP contribution in [0.15, 0.2) is 65.2 Å². The molecule has 4 rings (SSSR count). The van der Waals surface area contributed by atoms with Crippen molar-refractivity contribution in [2.75, 3.05) is 26.1 Å². The summed E-state index contributed by atoms with van der Waals surface area (Å²) >= 11 is 0. The number of nitrogens with one attached hydrogen (secondary N) is 2. The normalized spacial score (nSPS) is 10.7. The number of rotatable bonds is 11. The highest BCUT2D eigenvalue weighted by Crippen LogP contribution is 2.30. The zero-order valence-corrected chi connectivity index (χ0v) is 21.6. The lowest BCUT2D eigenvalue weighted by atomic mass is 10.1. The van der Waals surface area contributed by atoms with Crippen LogP contribution in [0.3, 0.4) is 0 Å². The summed E-state index contributed by atoms with van der Waals surface area (Å²) in [7, 11) is 3.15. The van der Waals surface area contributed by atoms with Crippen molar-refractivity contribution in [2.24, 2.45) is 0 Å². The first-order chi connectivity index (χ1) is 18.0. The van der Waals surface area contributed by atoms with Crippen LogP contribution in [0.25, 0.3) is 11.4 Å². The molecule has 1 aromatic heterocycles. The summed E-state index contributed by atoms with van der Waals surface area (Å²) in [5.74, 6) is 2.02. The van der Waals surface area contributed by atoms with Crippen LogP contribution in [0, 0.1) is 13.8 Å². The van der Waals surface area contributed by atoms with Crippen molar-refractivity contribution in [3.63, 3.8) is 0 Å². The van der Waals surface area contributed by atoms with Gasteiger partial charge >= 0.3 is 0 Å². The van der Waals surface area contributed by atoms with Gasteiger partial charge in [0.2, 0.25) is 11.7 Å². The maximum absolute atomic E-state index is 13.0. The van der Waals surface area contributed by atoms with Crippen LogP contribution in [0.2, 0.25) is 0 Å². The molecule has 0 fully saturated rings. The van der Waals surface area contributed by atoms with Gasteiger partial charge in [-0.15, -0.1) is 0 Å². The van der Waals surface area contributed by atoms with Crippen molar-refractivity contribution < 1.29 is 18.8 Å². The second kappa shape index (κ2) is 12.1. The quantitative estimate of drug-likeness (QED) is 0.268. The summed E-state index contributed by atoms with van der Waals surface area (Å²) in [6.07, 6.45) is 1.94. The molecule has 0 radical (unpaired) electrons. The lowest BCUT2D eigenvalue weighted by Gasteiger charge is -2.15.